The lowest BCUT2D eigenvalue weighted by atomic mass is 9.69. The fourth-order valence-electron chi connectivity index (χ4n) is 6.57. The molecule has 3 aromatic rings. The first kappa shape index (κ1) is 33.2. The number of carboxylic acids is 1. The molecule has 12 heteroatoms. The number of carboxylic acid groups (broad SMARTS) is 1. The maximum absolute atomic E-state index is 14.8. The van der Waals surface area contributed by atoms with Crippen molar-refractivity contribution in [1.82, 2.24) is 0 Å². The van der Waals surface area contributed by atoms with Gasteiger partial charge in [0.15, 0.2) is 0 Å². The van der Waals surface area contributed by atoms with Crippen LogP contribution in [0.4, 0.5) is 27.1 Å². The summed E-state index contributed by atoms with van der Waals surface area (Å²) in [5.74, 6) is -4.93. The molecule has 1 aliphatic carbocycles. The monoisotopic (exact) mass is 652 g/mol. The van der Waals surface area contributed by atoms with Crippen molar-refractivity contribution in [2.75, 3.05) is 40.6 Å². The Balaban J connectivity index is 1.35. The number of rotatable bonds is 8. The Kier molecular flexibility index (Phi) is 8.82. The molecular weight excluding hydrogens is 611 g/mol. The average Bonchev–Trinajstić information content (AvgIpc) is 3.23. The topological polar surface area (TPSA) is 130 Å². The predicted octanol–water partition coefficient (Wildman–Crippen LogP) is 5.33. The number of carbonyl (C=O) groups excluding carboxylic acids is 1. The van der Waals surface area contributed by atoms with Crippen molar-refractivity contribution in [2.24, 2.45) is 11.8 Å². The number of aliphatic hydroxyl groups is 1. The van der Waals surface area contributed by atoms with E-state index in [1.54, 1.807) is 42.5 Å². The van der Waals surface area contributed by atoms with Gasteiger partial charge in [-0.15, -0.1) is 0 Å². The molecule has 10 nitrogen and oxygen atoms in total. The molecule has 1 aliphatic heterocycles. The molecule has 1 amide bonds. The van der Waals surface area contributed by atoms with Crippen LogP contribution in [0.15, 0.2) is 65.6 Å². The Labute approximate surface area is 269 Å². The Hall–Kier alpha value is -4.16. The third kappa shape index (κ3) is 6.03. The van der Waals surface area contributed by atoms with E-state index in [9.17, 15) is 32.6 Å². The van der Waals surface area contributed by atoms with Gasteiger partial charge in [0.2, 0.25) is 5.91 Å². The summed E-state index contributed by atoms with van der Waals surface area (Å²) < 4.78 is 43.3. The summed E-state index contributed by atoms with van der Waals surface area (Å²) in [5.41, 5.74) is 1.84. The van der Waals surface area contributed by atoms with Crippen LogP contribution in [0.1, 0.15) is 57.1 Å². The third-order valence-electron chi connectivity index (χ3n) is 9.62. The molecule has 0 radical (unpaired) electrons. The zero-order chi connectivity index (χ0) is 33.7. The summed E-state index contributed by atoms with van der Waals surface area (Å²) >= 11 is 0. The SMILES string of the molecule is CC1N(C)c2ccc(S(=O)(=O)N(C)c3ccc([C@H]4CCC[C@@H](C(=O)Nc5ccc(C(C)(C)O)cc5F)[C@@H]4C(=O)O)cc3)cc2N1C. The van der Waals surface area contributed by atoms with Crippen LogP contribution in [0.2, 0.25) is 0 Å². The number of hydrogen-bond donors (Lipinski definition) is 3. The summed E-state index contributed by atoms with van der Waals surface area (Å²) in [4.78, 5) is 30.1. The smallest absolute Gasteiger partial charge is 0.307 e. The molecule has 1 saturated carbocycles. The number of amides is 1. The number of benzene rings is 3. The summed E-state index contributed by atoms with van der Waals surface area (Å²) in [6, 6.07) is 15.8. The van der Waals surface area contributed by atoms with E-state index in [1.807, 2.05) is 25.9 Å². The number of nitrogens with one attached hydrogen (secondary N) is 1. The van der Waals surface area contributed by atoms with Crippen LogP contribution in [-0.4, -0.2) is 57.8 Å². The lowest BCUT2D eigenvalue weighted by Crippen LogP contribution is -2.40. The van der Waals surface area contributed by atoms with Crippen LogP contribution in [0.3, 0.4) is 0 Å². The van der Waals surface area contributed by atoms with Crippen LogP contribution in [0.25, 0.3) is 0 Å². The number of nitrogens with zero attached hydrogens (tertiary/aromatic N) is 3. The minimum absolute atomic E-state index is 0.0885. The highest BCUT2D eigenvalue weighted by Crippen LogP contribution is 2.43. The van der Waals surface area contributed by atoms with E-state index in [2.05, 4.69) is 10.2 Å². The van der Waals surface area contributed by atoms with Gasteiger partial charge < -0.3 is 25.3 Å². The molecule has 2 aliphatic rings. The molecule has 0 spiro atoms. The first-order chi connectivity index (χ1) is 21.5. The van der Waals surface area contributed by atoms with Gasteiger partial charge in [-0.3, -0.25) is 13.9 Å². The summed E-state index contributed by atoms with van der Waals surface area (Å²) in [7, 11) is 1.46. The maximum atomic E-state index is 14.8. The van der Waals surface area contributed by atoms with E-state index in [0.29, 0.717) is 36.1 Å². The van der Waals surface area contributed by atoms with E-state index in [1.165, 1.54) is 37.3 Å². The molecule has 5 rings (SSSR count). The molecule has 0 saturated heterocycles. The highest BCUT2D eigenvalue weighted by Gasteiger charge is 2.43. The van der Waals surface area contributed by atoms with Crippen LogP contribution in [0, 0.1) is 17.7 Å². The van der Waals surface area contributed by atoms with Gasteiger partial charge in [0.05, 0.1) is 51.2 Å². The van der Waals surface area contributed by atoms with Crippen LogP contribution in [-0.2, 0) is 25.2 Å². The number of halogens is 1. The van der Waals surface area contributed by atoms with Gasteiger partial charge in [0.25, 0.3) is 10.0 Å². The predicted molar refractivity (Wildman–Crippen MR) is 176 cm³/mol. The van der Waals surface area contributed by atoms with Crippen LogP contribution in [0.5, 0.6) is 0 Å². The Morgan fingerprint density at radius 2 is 1.63 bits per heavy atom. The molecule has 1 fully saturated rings. The Bertz CT molecular complexity index is 1760. The quantitative estimate of drug-likeness (QED) is 0.298. The first-order valence-electron chi connectivity index (χ1n) is 15.3. The van der Waals surface area contributed by atoms with E-state index >= 15 is 0 Å². The minimum Gasteiger partial charge on any atom is -0.481 e. The zero-order valence-electron chi connectivity index (χ0n) is 26.9. The normalized spacial score (nSPS) is 21.6. The second-order valence-corrected chi connectivity index (χ2v) is 14.8. The van der Waals surface area contributed by atoms with Gasteiger partial charge >= 0.3 is 5.97 Å². The summed E-state index contributed by atoms with van der Waals surface area (Å²) in [6.45, 7) is 5.08. The van der Waals surface area contributed by atoms with Gasteiger partial charge in [-0.25, -0.2) is 12.8 Å². The summed E-state index contributed by atoms with van der Waals surface area (Å²) in [6.07, 6.45) is 1.53. The van der Waals surface area contributed by atoms with Crippen molar-refractivity contribution in [1.29, 1.82) is 0 Å². The second-order valence-electron chi connectivity index (χ2n) is 12.8. The molecule has 0 bridgehead atoms. The van der Waals surface area contributed by atoms with Gasteiger partial charge in [0.1, 0.15) is 5.82 Å². The van der Waals surface area contributed by atoms with Gasteiger partial charge in [-0.05, 0) is 93.1 Å². The second kappa shape index (κ2) is 12.2. The summed E-state index contributed by atoms with van der Waals surface area (Å²) in [5, 5.41) is 23.0. The number of anilines is 4. The van der Waals surface area contributed by atoms with E-state index in [4.69, 9.17) is 0 Å². The number of aliphatic carboxylic acids is 1. The maximum Gasteiger partial charge on any atom is 0.307 e. The molecule has 46 heavy (non-hydrogen) atoms. The fraction of sp³-hybridized carbons (Fsp3) is 0.412. The molecule has 246 valence electrons. The van der Waals surface area contributed by atoms with Crippen molar-refractivity contribution in [3.8, 4) is 0 Å². The zero-order valence-corrected chi connectivity index (χ0v) is 27.7. The highest BCUT2D eigenvalue weighted by molar-refractivity contribution is 7.92. The Morgan fingerprint density at radius 3 is 2.24 bits per heavy atom. The lowest BCUT2D eigenvalue weighted by Gasteiger charge is -2.35. The number of carbonyl (C=O) groups is 2. The van der Waals surface area contributed by atoms with Crippen molar-refractivity contribution in [2.45, 2.75) is 62.6 Å². The molecular formula is C34H41FN4O6S. The number of fused-ring (bicyclic) bond motifs is 1. The largest absolute Gasteiger partial charge is 0.481 e. The van der Waals surface area contributed by atoms with E-state index in [0.717, 1.165) is 17.4 Å². The molecule has 3 aromatic carbocycles. The van der Waals surface area contributed by atoms with Crippen LogP contribution < -0.4 is 19.4 Å². The van der Waals surface area contributed by atoms with Crippen molar-refractivity contribution in [3.63, 3.8) is 0 Å². The van der Waals surface area contributed by atoms with E-state index < -0.39 is 51.1 Å². The first-order valence-corrected chi connectivity index (χ1v) is 16.7. The number of hydrogen-bond acceptors (Lipinski definition) is 7. The third-order valence-corrected chi connectivity index (χ3v) is 11.4. The minimum atomic E-state index is -3.90. The van der Waals surface area contributed by atoms with Gasteiger partial charge in [-0.2, -0.15) is 0 Å². The Morgan fingerprint density at radius 1 is 0.978 bits per heavy atom. The molecule has 3 N–H and O–H groups in total. The van der Waals surface area contributed by atoms with Crippen molar-refractivity contribution >= 4 is 44.6 Å². The number of sulfonamides is 1. The molecule has 4 atom stereocenters. The van der Waals surface area contributed by atoms with Gasteiger partial charge in [-0.1, -0.05) is 24.6 Å². The highest BCUT2D eigenvalue weighted by atomic mass is 32.2. The van der Waals surface area contributed by atoms with Gasteiger partial charge in [0, 0.05) is 21.1 Å². The van der Waals surface area contributed by atoms with Crippen molar-refractivity contribution < 1.29 is 32.6 Å². The van der Waals surface area contributed by atoms with Crippen LogP contribution >= 0.6 is 0 Å². The fourth-order valence-corrected chi connectivity index (χ4v) is 7.78. The average molecular weight is 653 g/mol. The molecule has 1 unspecified atom stereocenters. The van der Waals surface area contributed by atoms with Crippen molar-refractivity contribution in [3.05, 3.63) is 77.6 Å². The van der Waals surface area contributed by atoms with E-state index in [-0.39, 0.29) is 16.7 Å². The standard InChI is InChI=1S/C34H41FN4O6S/c1-20-37(4)29-17-15-24(19-30(29)38(20)5)46(44,45)39(6)23-13-10-21(11-14-23)25-8-7-9-26(31(25)33(41)42)32(40)36-28-16-12-22(18-27(28)35)34(2,3)43/h10-20,25-26,31,43H,7-9H2,1-6H3,(H,36,40)(H,41,42)/t20?,25-,26-,31-/m1/s1. The lowest BCUT2D eigenvalue weighted by molar-refractivity contribution is -0.148. The molecule has 1 heterocycles. The molecule has 0 aromatic heterocycles.